The highest BCUT2D eigenvalue weighted by molar-refractivity contribution is 9.10. The summed E-state index contributed by atoms with van der Waals surface area (Å²) in [6, 6.07) is 9.01. The molecule has 0 unspecified atom stereocenters. The molecular formula is C15H12BrN3O3. The molecule has 22 heavy (non-hydrogen) atoms. The minimum atomic E-state index is -0.303. The van der Waals surface area contributed by atoms with E-state index in [4.69, 9.17) is 8.83 Å². The molecule has 1 amide bonds. The molecule has 7 heteroatoms. The number of halogens is 1. The number of amides is 1. The third kappa shape index (κ3) is 3.09. The van der Waals surface area contributed by atoms with Crippen molar-refractivity contribution in [1.29, 1.82) is 0 Å². The predicted molar refractivity (Wildman–Crippen MR) is 83.6 cm³/mol. The molecule has 2 aromatic heterocycles. The van der Waals surface area contributed by atoms with Gasteiger partial charge in [0.05, 0.1) is 0 Å². The second kappa shape index (κ2) is 5.76. The highest BCUT2D eigenvalue weighted by Crippen LogP contribution is 2.25. The van der Waals surface area contributed by atoms with Crippen molar-refractivity contribution in [3.05, 3.63) is 51.7 Å². The number of hydrogen-bond donors (Lipinski definition) is 1. The van der Waals surface area contributed by atoms with E-state index in [1.165, 1.54) is 0 Å². The van der Waals surface area contributed by atoms with Crippen molar-refractivity contribution < 1.29 is 13.6 Å². The molecule has 1 N–H and O–H groups in total. The number of rotatable bonds is 3. The monoisotopic (exact) mass is 361 g/mol. The van der Waals surface area contributed by atoms with Crippen LogP contribution in [-0.4, -0.2) is 16.1 Å². The van der Waals surface area contributed by atoms with Crippen molar-refractivity contribution in [2.45, 2.75) is 13.8 Å². The quantitative estimate of drug-likeness (QED) is 0.763. The Hall–Kier alpha value is -2.41. The topological polar surface area (TPSA) is 81.2 Å². The highest BCUT2D eigenvalue weighted by Gasteiger charge is 2.15. The molecule has 0 atom stereocenters. The summed E-state index contributed by atoms with van der Waals surface area (Å²) in [5.41, 5.74) is 2.56. The fourth-order valence-electron chi connectivity index (χ4n) is 2.08. The molecule has 0 saturated carbocycles. The Bertz CT molecular complexity index is 818. The van der Waals surface area contributed by atoms with E-state index in [9.17, 15) is 4.79 Å². The molecule has 0 spiro atoms. The fourth-order valence-corrected chi connectivity index (χ4v) is 2.38. The standard InChI is InChI=1S/C15H12BrN3O3/c1-8-5-9(2)7-10(6-8)13(20)17-15-19-18-14(22-15)11-3-4-12(16)21-11/h3-7H,1-2H3,(H,17,19,20). The first-order valence-corrected chi connectivity index (χ1v) is 7.29. The molecule has 0 bridgehead atoms. The lowest BCUT2D eigenvalue weighted by atomic mass is 10.1. The summed E-state index contributed by atoms with van der Waals surface area (Å²) in [4.78, 5) is 12.2. The van der Waals surface area contributed by atoms with E-state index >= 15 is 0 Å². The molecule has 0 radical (unpaired) electrons. The summed E-state index contributed by atoms with van der Waals surface area (Å²) in [6.45, 7) is 3.87. The first-order valence-electron chi connectivity index (χ1n) is 6.50. The highest BCUT2D eigenvalue weighted by atomic mass is 79.9. The van der Waals surface area contributed by atoms with E-state index in [1.807, 2.05) is 19.9 Å². The maximum absolute atomic E-state index is 12.2. The van der Waals surface area contributed by atoms with Crippen molar-refractivity contribution in [2.75, 3.05) is 5.32 Å². The lowest BCUT2D eigenvalue weighted by Crippen LogP contribution is -2.12. The SMILES string of the molecule is Cc1cc(C)cc(C(=O)Nc2nnc(-c3ccc(Br)o3)o2)c1. The van der Waals surface area contributed by atoms with E-state index in [0.717, 1.165) is 11.1 Å². The van der Waals surface area contributed by atoms with Crippen LogP contribution >= 0.6 is 15.9 Å². The van der Waals surface area contributed by atoms with Crippen LogP contribution in [0.1, 0.15) is 21.5 Å². The van der Waals surface area contributed by atoms with Gasteiger partial charge in [-0.1, -0.05) is 22.3 Å². The number of carbonyl (C=O) groups is 1. The number of nitrogens with zero attached hydrogens (tertiary/aromatic N) is 2. The van der Waals surface area contributed by atoms with Crippen LogP contribution in [-0.2, 0) is 0 Å². The number of carbonyl (C=O) groups excluding carboxylic acids is 1. The zero-order chi connectivity index (χ0) is 15.7. The molecule has 0 aliphatic carbocycles. The molecule has 3 aromatic rings. The first kappa shape index (κ1) is 14.5. The minimum Gasteiger partial charge on any atom is -0.444 e. The first-order chi connectivity index (χ1) is 10.5. The van der Waals surface area contributed by atoms with Crippen LogP contribution in [0.2, 0.25) is 0 Å². The summed E-state index contributed by atoms with van der Waals surface area (Å²) in [7, 11) is 0. The van der Waals surface area contributed by atoms with Gasteiger partial charge in [-0.15, -0.1) is 5.10 Å². The zero-order valence-electron chi connectivity index (χ0n) is 11.9. The van der Waals surface area contributed by atoms with Gasteiger partial charge in [-0.2, -0.15) is 0 Å². The largest absolute Gasteiger partial charge is 0.444 e. The van der Waals surface area contributed by atoms with Gasteiger partial charge in [-0.3, -0.25) is 10.1 Å². The molecule has 112 valence electrons. The Labute approximate surface area is 134 Å². The van der Waals surface area contributed by atoms with Crippen LogP contribution in [0, 0.1) is 13.8 Å². The van der Waals surface area contributed by atoms with Gasteiger partial charge in [-0.25, -0.2) is 0 Å². The maximum atomic E-state index is 12.2. The van der Waals surface area contributed by atoms with Crippen molar-refractivity contribution >= 4 is 27.9 Å². The Balaban J connectivity index is 1.78. The third-order valence-electron chi connectivity index (χ3n) is 2.91. The summed E-state index contributed by atoms with van der Waals surface area (Å²) >= 11 is 3.19. The molecule has 2 heterocycles. The van der Waals surface area contributed by atoms with Crippen molar-refractivity contribution in [1.82, 2.24) is 10.2 Å². The molecular weight excluding hydrogens is 350 g/mol. The number of hydrogen-bond acceptors (Lipinski definition) is 5. The summed E-state index contributed by atoms with van der Waals surface area (Å²) in [5, 5.41) is 10.2. The van der Waals surface area contributed by atoms with E-state index in [-0.39, 0.29) is 17.8 Å². The summed E-state index contributed by atoms with van der Waals surface area (Å²) < 4.78 is 11.2. The molecule has 1 aromatic carbocycles. The Morgan fingerprint density at radius 1 is 1.09 bits per heavy atom. The van der Waals surface area contributed by atoms with E-state index in [0.29, 0.717) is 16.0 Å². The molecule has 0 aliphatic heterocycles. The third-order valence-corrected chi connectivity index (χ3v) is 3.34. The van der Waals surface area contributed by atoms with Crippen LogP contribution in [0.25, 0.3) is 11.7 Å². The number of benzene rings is 1. The normalized spacial score (nSPS) is 10.7. The average molecular weight is 362 g/mol. The van der Waals surface area contributed by atoms with Crippen LogP contribution in [0.4, 0.5) is 6.01 Å². The Morgan fingerprint density at radius 2 is 1.82 bits per heavy atom. The molecule has 3 rings (SSSR count). The van der Waals surface area contributed by atoms with Crippen molar-refractivity contribution in [3.63, 3.8) is 0 Å². The Morgan fingerprint density at radius 3 is 2.45 bits per heavy atom. The zero-order valence-corrected chi connectivity index (χ0v) is 13.5. The van der Waals surface area contributed by atoms with E-state index < -0.39 is 0 Å². The van der Waals surface area contributed by atoms with Crippen LogP contribution < -0.4 is 5.32 Å². The van der Waals surface area contributed by atoms with Crippen LogP contribution in [0.5, 0.6) is 0 Å². The van der Waals surface area contributed by atoms with Gasteiger partial charge in [-0.05, 0) is 54.0 Å². The fraction of sp³-hybridized carbons (Fsp3) is 0.133. The van der Waals surface area contributed by atoms with E-state index in [1.54, 1.807) is 24.3 Å². The van der Waals surface area contributed by atoms with Gasteiger partial charge in [0, 0.05) is 5.56 Å². The molecule has 0 saturated heterocycles. The number of nitrogens with one attached hydrogen (secondary N) is 1. The van der Waals surface area contributed by atoms with Crippen molar-refractivity contribution in [3.8, 4) is 11.7 Å². The lowest BCUT2D eigenvalue weighted by Gasteiger charge is -2.03. The van der Waals surface area contributed by atoms with E-state index in [2.05, 4.69) is 31.4 Å². The summed E-state index contributed by atoms with van der Waals surface area (Å²) in [6.07, 6.45) is 0. The van der Waals surface area contributed by atoms with Crippen LogP contribution in [0.15, 0.2) is 43.8 Å². The van der Waals surface area contributed by atoms with Gasteiger partial charge in [0.25, 0.3) is 11.8 Å². The minimum absolute atomic E-state index is 0.0201. The smallest absolute Gasteiger partial charge is 0.322 e. The van der Waals surface area contributed by atoms with Gasteiger partial charge < -0.3 is 8.83 Å². The van der Waals surface area contributed by atoms with Gasteiger partial charge in [0.2, 0.25) is 0 Å². The van der Waals surface area contributed by atoms with Gasteiger partial charge in [0.1, 0.15) is 0 Å². The van der Waals surface area contributed by atoms with Crippen molar-refractivity contribution in [2.24, 2.45) is 0 Å². The Kier molecular flexibility index (Phi) is 3.81. The second-order valence-electron chi connectivity index (χ2n) is 4.85. The predicted octanol–water partition coefficient (Wildman–Crippen LogP) is 3.96. The number of aromatic nitrogens is 2. The van der Waals surface area contributed by atoms with Gasteiger partial charge in [0.15, 0.2) is 10.4 Å². The maximum Gasteiger partial charge on any atom is 0.322 e. The molecule has 6 nitrogen and oxygen atoms in total. The number of anilines is 1. The summed E-state index contributed by atoms with van der Waals surface area (Å²) in [5.74, 6) is 0.315. The number of aryl methyl sites for hydroxylation is 2. The van der Waals surface area contributed by atoms with Gasteiger partial charge >= 0.3 is 6.01 Å². The molecule has 0 aliphatic rings. The number of furan rings is 1. The van der Waals surface area contributed by atoms with Crippen LogP contribution in [0.3, 0.4) is 0 Å². The second-order valence-corrected chi connectivity index (χ2v) is 5.63. The molecule has 0 fully saturated rings. The average Bonchev–Trinajstić information content (AvgIpc) is 3.06. The lowest BCUT2D eigenvalue weighted by molar-refractivity contribution is 0.102.